The van der Waals surface area contributed by atoms with Crippen LogP contribution in [0.3, 0.4) is 0 Å². The van der Waals surface area contributed by atoms with Crippen molar-refractivity contribution in [3.63, 3.8) is 0 Å². The van der Waals surface area contributed by atoms with Gasteiger partial charge in [-0.3, -0.25) is 24.0 Å². The molecule has 240 valence electrons. The minimum atomic E-state index is -4.38. The van der Waals surface area contributed by atoms with Crippen molar-refractivity contribution >= 4 is 49.1 Å². The maximum atomic E-state index is 14.5. The summed E-state index contributed by atoms with van der Waals surface area (Å²) in [5, 5.41) is 14.6. The molecule has 4 rings (SSSR count). The molecule has 0 aliphatic heterocycles. The molecule has 0 aromatic heterocycles. The highest BCUT2D eigenvalue weighted by Gasteiger charge is 2.36. The summed E-state index contributed by atoms with van der Waals surface area (Å²) < 4.78 is 29.8. The van der Waals surface area contributed by atoms with E-state index >= 15 is 0 Å². The fraction of sp³-hybridized carbons (Fsp3) is 0.235. The third-order valence-corrected chi connectivity index (χ3v) is 9.29. The molecule has 2 amide bonds. The number of nitrogens with zero attached hydrogens (tertiary/aromatic N) is 3. The van der Waals surface area contributed by atoms with Crippen LogP contribution >= 0.6 is 15.9 Å². The number of non-ortho nitro benzene ring substituents is 1. The van der Waals surface area contributed by atoms with E-state index in [-0.39, 0.29) is 29.2 Å². The molecule has 0 saturated heterocycles. The van der Waals surface area contributed by atoms with Gasteiger partial charge in [0.15, 0.2) is 0 Å². The van der Waals surface area contributed by atoms with Gasteiger partial charge in [-0.1, -0.05) is 82.7 Å². The molecular weight excluding hydrogens is 672 g/mol. The molecule has 46 heavy (non-hydrogen) atoms. The van der Waals surface area contributed by atoms with Crippen molar-refractivity contribution in [2.24, 2.45) is 0 Å². The van der Waals surface area contributed by atoms with E-state index in [1.165, 1.54) is 35.2 Å². The fourth-order valence-electron chi connectivity index (χ4n) is 4.80. The number of hydrogen-bond donors (Lipinski definition) is 1. The van der Waals surface area contributed by atoms with E-state index < -0.39 is 44.9 Å². The number of carbonyl (C=O) groups excluding carboxylic acids is 2. The van der Waals surface area contributed by atoms with Gasteiger partial charge in [-0.25, -0.2) is 8.42 Å². The fourth-order valence-corrected chi connectivity index (χ4v) is 6.49. The Morgan fingerprint density at radius 2 is 1.48 bits per heavy atom. The van der Waals surface area contributed by atoms with Crippen molar-refractivity contribution in [2.75, 3.05) is 10.8 Å². The summed E-state index contributed by atoms with van der Waals surface area (Å²) in [7, 11) is -4.38. The van der Waals surface area contributed by atoms with Crippen LogP contribution in [0.5, 0.6) is 0 Å². The highest BCUT2D eigenvalue weighted by molar-refractivity contribution is 9.10. The molecule has 4 aromatic rings. The van der Waals surface area contributed by atoms with E-state index in [1.54, 1.807) is 18.2 Å². The maximum Gasteiger partial charge on any atom is 0.271 e. The topological polar surface area (TPSA) is 130 Å². The molecule has 1 N–H and O–H groups in total. The Bertz CT molecular complexity index is 1780. The first kappa shape index (κ1) is 34.3. The van der Waals surface area contributed by atoms with Gasteiger partial charge in [0.1, 0.15) is 12.6 Å². The lowest BCUT2D eigenvalue weighted by atomic mass is 10.0. The Hall–Kier alpha value is -4.55. The highest BCUT2D eigenvalue weighted by Crippen LogP contribution is 2.28. The van der Waals surface area contributed by atoms with Gasteiger partial charge in [0, 0.05) is 35.1 Å². The van der Waals surface area contributed by atoms with Crippen LogP contribution in [-0.4, -0.2) is 48.2 Å². The summed E-state index contributed by atoms with van der Waals surface area (Å²) in [5.74, 6) is -1.08. The number of hydrogen-bond acceptors (Lipinski definition) is 6. The number of anilines is 1. The summed E-state index contributed by atoms with van der Waals surface area (Å²) >= 11 is 3.42. The number of halogens is 1. The average molecular weight is 708 g/mol. The second-order valence-electron chi connectivity index (χ2n) is 11.7. The van der Waals surface area contributed by atoms with Crippen LogP contribution < -0.4 is 9.62 Å². The Labute approximate surface area is 277 Å². The van der Waals surface area contributed by atoms with E-state index in [1.807, 2.05) is 75.4 Å². The van der Waals surface area contributed by atoms with Crippen molar-refractivity contribution in [1.82, 2.24) is 10.2 Å². The summed E-state index contributed by atoms with van der Waals surface area (Å²) in [5.41, 5.74) is 0.498. The number of rotatable bonds is 12. The molecule has 4 aromatic carbocycles. The maximum absolute atomic E-state index is 14.5. The van der Waals surface area contributed by atoms with Gasteiger partial charge >= 0.3 is 0 Å². The summed E-state index contributed by atoms with van der Waals surface area (Å²) in [6.07, 6.45) is 0.160. The predicted molar refractivity (Wildman–Crippen MR) is 181 cm³/mol. The smallest absolute Gasteiger partial charge is 0.271 e. The van der Waals surface area contributed by atoms with Crippen LogP contribution in [0.15, 0.2) is 119 Å². The second kappa shape index (κ2) is 14.7. The predicted octanol–water partition coefficient (Wildman–Crippen LogP) is 6.11. The lowest BCUT2D eigenvalue weighted by Gasteiger charge is -2.35. The van der Waals surface area contributed by atoms with Crippen molar-refractivity contribution in [1.29, 1.82) is 0 Å². The molecule has 0 aliphatic carbocycles. The van der Waals surface area contributed by atoms with Crippen molar-refractivity contribution in [3.8, 4) is 0 Å². The van der Waals surface area contributed by atoms with Crippen LogP contribution in [0.1, 0.15) is 31.9 Å². The Balaban J connectivity index is 1.84. The molecule has 0 radical (unpaired) electrons. The third-order valence-electron chi connectivity index (χ3n) is 6.97. The minimum absolute atomic E-state index is 0.00462. The minimum Gasteiger partial charge on any atom is -0.350 e. The first-order valence-corrected chi connectivity index (χ1v) is 16.7. The molecule has 0 aliphatic rings. The van der Waals surface area contributed by atoms with Crippen molar-refractivity contribution in [3.05, 3.63) is 135 Å². The van der Waals surface area contributed by atoms with Gasteiger partial charge in [0.2, 0.25) is 11.8 Å². The largest absolute Gasteiger partial charge is 0.350 e. The molecule has 0 spiro atoms. The molecule has 0 saturated carbocycles. The first-order chi connectivity index (χ1) is 21.7. The SMILES string of the molecule is CC(C)(C)NC(=O)C(Cc1ccccc1)N(Cc1ccc(Br)cc1)C(=O)CN(c1cccc([N+](=O)[O-])c1)S(=O)(=O)c1ccccc1. The number of nitrogens with one attached hydrogen (secondary N) is 1. The number of sulfonamides is 1. The lowest BCUT2D eigenvalue weighted by molar-refractivity contribution is -0.384. The Morgan fingerprint density at radius 3 is 2.07 bits per heavy atom. The van der Waals surface area contributed by atoms with Crippen LogP contribution in [0.2, 0.25) is 0 Å². The van der Waals surface area contributed by atoms with E-state index in [2.05, 4.69) is 21.2 Å². The van der Waals surface area contributed by atoms with E-state index in [0.717, 1.165) is 20.4 Å². The number of carbonyl (C=O) groups is 2. The molecule has 10 nitrogen and oxygen atoms in total. The van der Waals surface area contributed by atoms with Gasteiger partial charge in [-0.05, 0) is 62.2 Å². The van der Waals surface area contributed by atoms with Crippen LogP contribution in [0, 0.1) is 10.1 Å². The number of nitro benzene ring substituents is 1. The summed E-state index contributed by atoms with van der Waals surface area (Å²) in [6.45, 7) is 4.78. The summed E-state index contributed by atoms with van der Waals surface area (Å²) in [4.78, 5) is 40.7. The lowest BCUT2D eigenvalue weighted by Crippen LogP contribution is -2.56. The zero-order valence-electron chi connectivity index (χ0n) is 25.7. The van der Waals surface area contributed by atoms with E-state index in [9.17, 15) is 28.1 Å². The van der Waals surface area contributed by atoms with E-state index in [0.29, 0.717) is 5.56 Å². The zero-order chi connectivity index (χ0) is 33.5. The molecular formula is C34H35BrN4O6S. The molecule has 0 bridgehead atoms. The Morgan fingerprint density at radius 1 is 0.870 bits per heavy atom. The quantitative estimate of drug-likeness (QED) is 0.140. The molecule has 1 atom stereocenters. The van der Waals surface area contributed by atoms with Gasteiger partial charge in [-0.2, -0.15) is 0 Å². The first-order valence-electron chi connectivity index (χ1n) is 14.5. The second-order valence-corrected chi connectivity index (χ2v) is 14.5. The number of amides is 2. The average Bonchev–Trinajstić information content (AvgIpc) is 3.02. The monoisotopic (exact) mass is 706 g/mol. The van der Waals surface area contributed by atoms with Crippen molar-refractivity contribution < 1.29 is 22.9 Å². The number of nitro groups is 1. The van der Waals surface area contributed by atoms with Gasteiger partial charge in [0.05, 0.1) is 15.5 Å². The molecule has 0 fully saturated rings. The van der Waals surface area contributed by atoms with E-state index in [4.69, 9.17) is 0 Å². The highest BCUT2D eigenvalue weighted by atomic mass is 79.9. The van der Waals surface area contributed by atoms with Crippen LogP contribution in [0.25, 0.3) is 0 Å². The molecule has 12 heteroatoms. The zero-order valence-corrected chi connectivity index (χ0v) is 28.1. The number of benzene rings is 4. The Kier molecular flexibility index (Phi) is 11.0. The van der Waals surface area contributed by atoms with Gasteiger partial charge < -0.3 is 10.2 Å². The normalized spacial score (nSPS) is 12.2. The van der Waals surface area contributed by atoms with Crippen LogP contribution in [-0.2, 0) is 32.6 Å². The standard InChI is InChI=1S/C34H35BrN4O6S/c1-34(2,3)36-33(41)31(21-25-11-6-4-7-12-25)37(23-26-17-19-27(35)20-18-26)32(40)24-38(28-13-10-14-29(22-28)39(42)43)46(44,45)30-15-8-5-9-16-30/h4-20,22,31H,21,23-24H2,1-3H3,(H,36,41). The molecule has 1 unspecified atom stereocenters. The van der Waals surface area contributed by atoms with Crippen LogP contribution in [0.4, 0.5) is 11.4 Å². The summed E-state index contributed by atoms with van der Waals surface area (Å²) in [6, 6.07) is 28.1. The van der Waals surface area contributed by atoms with Gasteiger partial charge in [0.25, 0.3) is 15.7 Å². The molecule has 0 heterocycles. The van der Waals surface area contributed by atoms with Crippen molar-refractivity contribution in [2.45, 2.75) is 50.2 Å². The van der Waals surface area contributed by atoms with Gasteiger partial charge in [-0.15, -0.1) is 0 Å². The third kappa shape index (κ3) is 9.01.